The summed E-state index contributed by atoms with van der Waals surface area (Å²) in [6.07, 6.45) is 4.95. The van der Waals surface area contributed by atoms with E-state index < -0.39 is 0 Å². The Morgan fingerprint density at radius 1 is 1.38 bits per heavy atom. The predicted molar refractivity (Wildman–Crippen MR) is 56.4 cm³/mol. The van der Waals surface area contributed by atoms with E-state index in [1.54, 1.807) is 6.92 Å². The summed E-state index contributed by atoms with van der Waals surface area (Å²) in [5.74, 6) is 6.84. The maximum absolute atomic E-state index is 10.8. The first-order chi connectivity index (χ1) is 6.20. The molecule has 0 aliphatic rings. The first kappa shape index (κ1) is 12.2. The molecular formula is C12H20O. The van der Waals surface area contributed by atoms with Crippen LogP contribution >= 0.6 is 0 Å². The largest absolute Gasteiger partial charge is 0.300 e. The van der Waals surface area contributed by atoms with Crippen molar-refractivity contribution in [2.45, 2.75) is 52.9 Å². The lowest BCUT2D eigenvalue weighted by molar-refractivity contribution is -0.117. The van der Waals surface area contributed by atoms with Gasteiger partial charge in [-0.3, -0.25) is 4.79 Å². The first-order valence-corrected chi connectivity index (χ1v) is 5.18. The molecule has 0 spiro atoms. The minimum atomic E-state index is 0.247. The Kier molecular flexibility index (Phi) is 7.39. The second-order valence-electron chi connectivity index (χ2n) is 3.44. The smallest absolute Gasteiger partial charge is 0.131 e. The van der Waals surface area contributed by atoms with Crippen molar-refractivity contribution in [3.63, 3.8) is 0 Å². The van der Waals surface area contributed by atoms with Crippen molar-refractivity contribution in [1.29, 1.82) is 0 Å². The summed E-state index contributed by atoms with van der Waals surface area (Å²) in [5.41, 5.74) is 0. The molecule has 1 nitrogen and oxygen atoms in total. The van der Waals surface area contributed by atoms with Gasteiger partial charge in [0.15, 0.2) is 0 Å². The summed E-state index contributed by atoms with van der Waals surface area (Å²) in [6.45, 7) is 5.88. The lowest BCUT2D eigenvalue weighted by Crippen LogP contribution is -2.01. The molecule has 74 valence electrons. The van der Waals surface area contributed by atoms with Crippen LogP contribution in [0.2, 0.25) is 0 Å². The number of rotatable bonds is 5. The predicted octanol–water partition coefficient (Wildman–Crippen LogP) is 3.19. The third-order valence-electron chi connectivity index (χ3n) is 1.99. The summed E-state index contributed by atoms with van der Waals surface area (Å²) < 4.78 is 0. The van der Waals surface area contributed by atoms with E-state index >= 15 is 0 Å². The molecule has 1 heteroatoms. The molecule has 0 saturated heterocycles. The van der Waals surface area contributed by atoms with E-state index in [-0.39, 0.29) is 11.7 Å². The lowest BCUT2D eigenvalue weighted by atomic mass is 10.0. The van der Waals surface area contributed by atoms with Gasteiger partial charge in [-0.25, -0.2) is 0 Å². The zero-order valence-corrected chi connectivity index (χ0v) is 9.02. The Balaban J connectivity index is 3.79. The fourth-order valence-corrected chi connectivity index (χ4v) is 1.13. The molecule has 0 rings (SSSR count). The van der Waals surface area contributed by atoms with Crippen LogP contribution in [0.25, 0.3) is 0 Å². The molecule has 0 saturated carbocycles. The average Bonchev–Trinajstić information content (AvgIpc) is 2.09. The van der Waals surface area contributed by atoms with Gasteiger partial charge in [-0.05, 0) is 19.8 Å². The molecule has 0 aromatic heterocycles. The van der Waals surface area contributed by atoms with Crippen LogP contribution in [-0.2, 0) is 4.79 Å². The highest BCUT2D eigenvalue weighted by atomic mass is 16.1. The Morgan fingerprint density at radius 2 is 2.08 bits per heavy atom. The minimum absolute atomic E-state index is 0.247. The standard InChI is InChI=1S/C12H20O/c1-4-6-7-8-9-12(5-2)10-11(3)13/h12H,4-7,10H2,1-3H3. The zero-order valence-electron chi connectivity index (χ0n) is 9.02. The number of carbonyl (C=O) groups is 1. The van der Waals surface area contributed by atoms with Crippen LogP contribution in [0.4, 0.5) is 0 Å². The molecule has 1 unspecified atom stereocenters. The van der Waals surface area contributed by atoms with E-state index in [9.17, 15) is 4.79 Å². The quantitative estimate of drug-likeness (QED) is 0.469. The van der Waals surface area contributed by atoms with Crippen molar-refractivity contribution in [2.24, 2.45) is 5.92 Å². The van der Waals surface area contributed by atoms with Crippen molar-refractivity contribution < 1.29 is 4.79 Å². The van der Waals surface area contributed by atoms with Crippen LogP contribution in [0.3, 0.4) is 0 Å². The molecule has 0 aromatic carbocycles. The Hall–Kier alpha value is -0.770. The molecule has 1 atom stereocenters. The minimum Gasteiger partial charge on any atom is -0.300 e. The van der Waals surface area contributed by atoms with Gasteiger partial charge < -0.3 is 0 Å². The van der Waals surface area contributed by atoms with Crippen molar-refractivity contribution in [3.05, 3.63) is 0 Å². The topological polar surface area (TPSA) is 17.1 Å². The van der Waals surface area contributed by atoms with E-state index in [4.69, 9.17) is 0 Å². The monoisotopic (exact) mass is 180 g/mol. The van der Waals surface area contributed by atoms with Gasteiger partial charge in [0, 0.05) is 18.8 Å². The Bertz CT molecular complexity index is 195. The van der Waals surface area contributed by atoms with E-state index in [2.05, 4.69) is 25.7 Å². The van der Waals surface area contributed by atoms with Gasteiger partial charge in [0.2, 0.25) is 0 Å². The second kappa shape index (κ2) is 7.86. The molecule has 0 aromatic rings. The Labute approximate surface area is 81.9 Å². The molecular weight excluding hydrogens is 160 g/mol. The van der Waals surface area contributed by atoms with E-state index in [1.807, 2.05) is 0 Å². The van der Waals surface area contributed by atoms with Crippen LogP contribution in [0.5, 0.6) is 0 Å². The van der Waals surface area contributed by atoms with Crippen molar-refractivity contribution in [2.75, 3.05) is 0 Å². The van der Waals surface area contributed by atoms with E-state index in [0.717, 1.165) is 12.8 Å². The van der Waals surface area contributed by atoms with Gasteiger partial charge in [-0.1, -0.05) is 26.2 Å². The van der Waals surface area contributed by atoms with Gasteiger partial charge in [0.05, 0.1) is 0 Å². The molecule has 13 heavy (non-hydrogen) atoms. The molecule has 0 N–H and O–H groups in total. The summed E-state index contributed by atoms with van der Waals surface area (Å²) in [6, 6.07) is 0. The Morgan fingerprint density at radius 3 is 2.54 bits per heavy atom. The molecule has 0 amide bonds. The number of hydrogen-bond acceptors (Lipinski definition) is 1. The second-order valence-corrected chi connectivity index (χ2v) is 3.44. The zero-order chi connectivity index (χ0) is 10.1. The van der Waals surface area contributed by atoms with E-state index in [1.165, 1.54) is 12.8 Å². The van der Waals surface area contributed by atoms with E-state index in [0.29, 0.717) is 6.42 Å². The maximum atomic E-state index is 10.8. The first-order valence-electron chi connectivity index (χ1n) is 5.18. The maximum Gasteiger partial charge on any atom is 0.131 e. The SMILES string of the molecule is CCCCC#CC(CC)CC(C)=O. The molecule has 0 aliphatic carbocycles. The van der Waals surface area contributed by atoms with Crippen LogP contribution in [-0.4, -0.2) is 5.78 Å². The van der Waals surface area contributed by atoms with Crippen LogP contribution < -0.4 is 0 Å². The van der Waals surface area contributed by atoms with Gasteiger partial charge in [0.1, 0.15) is 5.78 Å². The number of carbonyl (C=O) groups excluding carboxylic acids is 1. The average molecular weight is 180 g/mol. The fourth-order valence-electron chi connectivity index (χ4n) is 1.13. The van der Waals surface area contributed by atoms with Gasteiger partial charge in [-0.15, -0.1) is 5.92 Å². The van der Waals surface area contributed by atoms with Gasteiger partial charge in [-0.2, -0.15) is 0 Å². The summed E-state index contributed by atoms with van der Waals surface area (Å²) in [7, 11) is 0. The highest BCUT2D eigenvalue weighted by molar-refractivity contribution is 5.76. The summed E-state index contributed by atoms with van der Waals surface area (Å²) >= 11 is 0. The third-order valence-corrected chi connectivity index (χ3v) is 1.99. The number of Topliss-reactive ketones (excluding diaryl/α,β-unsaturated/α-hetero) is 1. The molecule has 0 bridgehead atoms. The molecule has 0 heterocycles. The highest BCUT2D eigenvalue weighted by Crippen LogP contribution is 2.07. The number of unbranched alkanes of at least 4 members (excludes halogenated alkanes) is 2. The number of ketones is 1. The van der Waals surface area contributed by atoms with Gasteiger partial charge >= 0.3 is 0 Å². The van der Waals surface area contributed by atoms with Crippen molar-refractivity contribution >= 4 is 5.78 Å². The van der Waals surface area contributed by atoms with Crippen molar-refractivity contribution in [3.8, 4) is 11.8 Å². The van der Waals surface area contributed by atoms with Crippen LogP contribution in [0.1, 0.15) is 52.9 Å². The summed E-state index contributed by atoms with van der Waals surface area (Å²) in [4.78, 5) is 10.8. The highest BCUT2D eigenvalue weighted by Gasteiger charge is 2.04. The van der Waals surface area contributed by atoms with Crippen LogP contribution in [0, 0.1) is 17.8 Å². The van der Waals surface area contributed by atoms with Crippen molar-refractivity contribution in [1.82, 2.24) is 0 Å². The lowest BCUT2D eigenvalue weighted by Gasteiger charge is -2.02. The van der Waals surface area contributed by atoms with Crippen LogP contribution in [0.15, 0.2) is 0 Å². The molecule has 0 aliphatic heterocycles. The number of hydrogen-bond donors (Lipinski definition) is 0. The molecule has 0 fully saturated rings. The fraction of sp³-hybridized carbons (Fsp3) is 0.750. The molecule has 0 radical (unpaired) electrons. The summed E-state index contributed by atoms with van der Waals surface area (Å²) in [5, 5.41) is 0. The third kappa shape index (κ3) is 7.59. The normalized spacial score (nSPS) is 11.6. The van der Waals surface area contributed by atoms with Gasteiger partial charge in [0.25, 0.3) is 0 Å².